The normalized spacial score (nSPS) is 11.2. The van der Waals surface area contributed by atoms with Gasteiger partial charge in [0, 0.05) is 41.3 Å². The third-order valence-corrected chi connectivity index (χ3v) is 8.51. The number of hydrogen-bond donors (Lipinski definition) is 3. The fourth-order valence-electron chi connectivity index (χ4n) is 4.30. The molecule has 0 bridgehead atoms. The highest BCUT2D eigenvalue weighted by atomic mass is 35.5. The molecular weight excluding hydrogens is 807 g/mol. The van der Waals surface area contributed by atoms with Gasteiger partial charge in [-0.25, -0.2) is 37.5 Å². The van der Waals surface area contributed by atoms with Crippen LogP contribution in [0.5, 0.6) is 11.5 Å². The van der Waals surface area contributed by atoms with E-state index in [1.807, 2.05) is 0 Å². The van der Waals surface area contributed by atoms with E-state index in [9.17, 15) is 41.8 Å². The summed E-state index contributed by atoms with van der Waals surface area (Å²) >= 11 is 16.7. The highest BCUT2D eigenvalue weighted by Crippen LogP contribution is 2.40. The van der Waals surface area contributed by atoms with Gasteiger partial charge >= 0.3 is 5.97 Å². The second-order valence-electron chi connectivity index (χ2n) is 13.4. The van der Waals surface area contributed by atoms with Crippen LogP contribution in [0.3, 0.4) is 0 Å². The van der Waals surface area contributed by atoms with Crippen molar-refractivity contribution in [2.75, 3.05) is 0 Å². The summed E-state index contributed by atoms with van der Waals surface area (Å²) in [5.41, 5.74) is -5.00. The van der Waals surface area contributed by atoms with Crippen molar-refractivity contribution in [2.24, 2.45) is 10.8 Å². The van der Waals surface area contributed by atoms with E-state index in [4.69, 9.17) is 39.5 Å². The van der Waals surface area contributed by atoms with Gasteiger partial charge in [0.1, 0.15) is 34.3 Å². The smallest absolute Gasteiger partial charge is 0.316 e. The summed E-state index contributed by atoms with van der Waals surface area (Å²) in [5, 5.41) is 8.66. The molecule has 0 saturated heterocycles. The highest BCUT2D eigenvalue weighted by Gasteiger charge is 2.30. The van der Waals surface area contributed by atoms with E-state index in [1.165, 1.54) is 24.8 Å². The van der Waals surface area contributed by atoms with Crippen molar-refractivity contribution in [1.29, 1.82) is 0 Å². The van der Waals surface area contributed by atoms with Crippen molar-refractivity contribution in [2.45, 2.75) is 49.0 Å². The van der Waals surface area contributed by atoms with Crippen molar-refractivity contribution >= 4 is 68.3 Å². The number of hydrogen-bond acceptors (Lipinski definition) is 10. The van der Waals surface area contributed by atoms with Gasteiger partial charge in [0.15, 0.2) is 22.8 Å². The summed E-state index contributed by atoms with van der Waals surface area (Å²) in [7, 11) is 0. The van der Waals surface area contributed by atoms with Crippen LogP contribution in [0.15, 0.2) is 58.6 Å². The van der Waals surface area contributed by atoms with Crippen LogP contribution in [-0.2, 0) is 9.59 Å². The van der Waals surface area contributed by atoms with E-state index in [2.05, 4.69) is 29.9 Å². The van der Waals surface area contributed by atoms with Gasteiger partial charge in [0.05, 0.1) is 26.6 Å². The number of nitrogens with zero attached hydrogens (tertiary/aromatic N) is 4. The monoisotopic (exact) mass is 838 g/mol. The molecule has 0 radical (unpaired) electrons. The Morgan fingerprint density at radius 1 is 0.643 bits per heavy atom. The van der Waals surface area contributed by atoms with E-state index in [0.717, 1.165) is 24.3 Å². The Balaban J connectivity index is 0.000000258. The van der Waals surface area contributed by atoms with Crippen molar-refractivity contribution < 1.29 is 37.0 Å². The number of pyridine rings is 2. The van der Waals surface area contributed by atoms with Gasteiger partial charge in [-0.1, -0.05) is 51.4 Å². The molecule has 12 nitrogen and oxygen atoms in total. The summed E-state index contributed by atoms with van der Waals surface area (Å²) in [5.74, 6) is -5.39. The van der Waals surface area contributed by atoms with Crippen molar-refractivity contribution in [3.05, 3.63) is 103 Å². The molecule has 0 unspecified atom stereocenters. The molecule has 4 aromatic heterocycles. The second-order valence-corrected chi connectivity index (χ2v) is 14.5. The zero-order valence-electron chi connectivity index (χ0n) is 29.5. The minimum Gasteiger partial charge on any atom is -0.505 e. The predicted octanol–water partition coefficient (Wildman–Crippen LogP) is 8.92. The Labute approximate surface area is 330 Å². The molecular formula is C37H33Cl3F4N6O6. The number of aromatic hydroxyl groups is 1. The Hall–Kier alpha value is -5.45. The molecule has 6 rings (SSSR count). The Morgan fingerprint density at radius 2 is 1.02 bits per heavy atom. The molecule has 0 aliphatic rings. The van der Waals surface area contributed by atoms with Gasteiger partial charge in [-0.05, 0) is 56.6 Å². The Bertz CT molecular complexity index is 2590. The zero-order chi connectivity index (χ0) is 41.2. The third-order valence-electron chi connectivity index (χ3n) is 7.20. The van der Waals surface area contributed by atoms with Gasteiger partial charge in [0.25, 0.3) is 11.1 Å². The van der Waals surface area contributed by atoms with E-state index in [1.54, 1.807) is 41.5 Å². The minimum absolute atomic E-state index is 0. The van der Waals surface area contributed by atoms with Gasteiger partial charge < -0.3 is 19.8 Å². The molecule has 2 aromatic carbocycles. The molecule has 0 amide bonds. The number of rotatable bonds is 3. The first-order valence-corrected chi connectivity index (χ1v) is 16.8. The fourth-order valence-corrected chi connectivity index (χ4v) is 4.80. The molecule has 0 spiro atoms. The Morgan fingerprint density at radius 3 is 1.46 bits per heavy atom. The maximum Gasteiger partial charge on any atom is 0.316 e. The summed E-state index contributed by atoms with van der Waals surface area (Å²) in [6, 6.07) is 3.30. The lowest BCUT2D eigenvalue weighted by molar-refractivity contribution is -0.142. The largest absolute Gasteiger partial charge is 0.505 e. The fraction of sp³-hybridized carbons (Fsp3) is 0.243. The first kappa shape index (κ1) is 44.9. The average molecular weight is 840 g/mol. The number of carbonyl (C=O) groups is 2. The first-order valence-electron chi connectivity index (χ1n) is 15.7. The molecule has 0 aliphatic carbocycles. The number of aromatic nitrogens is 6. The number of nitrogens with one attached hydrogen (secondary N) is 2. The highest BCUT2D eigenvalue weighted by molar-refractivity contribution is 6.64. The average Bonchev–Trinajstić information content (AvgIpc) is 3.10. The SMILES string of the molecule is C.CC(C)(C)C(=O)Cl.CC(C)(C)C(=O)Oc1c(-c2c(F)ccc(F)c2Cl)c(=O)[nH]c2nccnc12.O=c1[nH]c2nccnc2c(O)c1-c1c(F)ccc(F)c1Cl. The third kappa shape index (κ3) is 9.67. The molecule has 0 atom stereocenters. The van der Waals surface area contributed by atoms with Crippen LogP contribution in [0.1, 0.15) is 49.0 Å². The van der Waals surface area contributed by atoms with Crippen LogP contribution in [-0.4, -0.2) is 46.2 Å². The van der Waals surface area contributed by atoms with Gasteiger partial charge in [-0.2, -0.15) is 0 Å². The number of benzene rings is 2. The topological polar surface area (TPSA) is 181 Å². The second kappa shape index (κ2) is 17.6. The van der Waals surface area contributed by atoms with E-state index in [-0.39, 0.29) is 46.2 Å². The van der Waals surface area contributed by atoms with E-state index in [0.29, 0.717) is 0 Å². The number of aromatic amines is 2. The van der Waals surface area contributed by atoms with Crippen LogP contribution < -0.4 is 15.9 Å². The lowest BCUT2D eigenvalue weighted by Gasteiger charge is -2.19. The summed E-state index contributed by atoms with van der Waals surface area (Å²) in [6.07, 6.45) is 5.23. The molecule has 3 N–H and O–H groups in total. The maximum absolute atomic E-state index is 14.5. The predicted molar refractivity (Wildman–Crippen MR) is 205 cm³/mol. The molecule has 0 saturated carbocycles. The Kier molecular flexibility index (Phi) is 14.1. The number of ether oxygens (including phenoxy) is 1. The van der Waals surface area contributed by atoms with Crippen molar-refractivity contribution in [1.82, 2.24) is 29.9 Å². The van der Waals surface area contributed by atoms with Gasteiger partial charge in [0.2, 0.25) is 5.24 Å². The molecule has 0 fully saturated rings. The molecule has 56 heavy (non-hydrogen) atoms. The molecule has 0 aliphatic heterocycles. The number of fused-ring (bicyclic) bond motifs is 2. The maximum atomic E-state index is 14.5. The van der Waals surface area contributed by atoms with Gasteiger partial charge in [-0.3, -0.25) is 19.2 Å². The van der Waals surface area contributed by atoms with E-state index >= 15 is 0 Å². The number of H-pyrrole nitrogens is 2. The van der Waals surface area contributed by atoms with Gasteiger partial charge in [-0.15, -0.1) is 0 Å². The first-order chi connectivity index (χ1) is 25.6. The van der Waals surface area contributed by atoms with Crippen molar-refractivity contribution in [3.63, 3.8) is 0 Å². The lowest BCUT2D eigenvalue weighted by atomic mass is 9.97. The molecule has 296 valence electrons. The number of carbonyl (C=O) groups excluding carboxylic acids is 2. The standard InChI is InChI=1S/C18H14ClF2N3O3.C13H6ClF2N3O2.C5H9ClO.CH4/c1-18(2,3)17(26)27-14-11(10-8(20)4-5-9(21)12(10)19)16(25)24-15-13(14)22-6-7-23-15;14-9-6(16)2-1-5(15)7(9)8-11(20)10-12(19-13(8)21)18-4-3-17-10;1-5(2,3)4(6)7;/h4-7H,1-3H3,(H,23,24,25);1-4H,(H2,18,19,20,21);1-3H3;1H4. The summed E-state index contributed by atoms with van der Waals surface area (Å²) in [6.45, 7) is 10.1. The summed E-state index contributed by atoms with van der Waals surface area (Å²) in [4.78, 5) is 67.8. The van der Waals surface area contributed by atoms with Crippen LogP contribution in [0.2, 0.25) is 10.0 Å². The van der Waals surface area contributed by atoms with Crippen LogP contribution in [0.4, 0.5) is 17.6 Å². The van der Waals surface area contributed by atoms with Crippen molar-refractivity contribution in [3.8, 4) is 33.8 Å². The van der Waals surface area contributed by atoms with Crippen LogP contribution in [0, 0.1) is 34.1 Å². The number of halogens is 7. The van der Waals surface area contributed by atoms with Crippen LogP contribution in [0.25, 0.3) is 44.6 Å². The number of esters is 1. The molecule has 6 aromatic rings. The zero-order valence-corrected chi connectivity index (χ0v) is 31.8. The van der Waals surface area contributed by atoms with E-state index < -0.39 is 83.8 Å². The lowest BCUT2D eigenvalue weighted by Crippen LogP contribution is -2.27. The summed E-state index contributed by atoms with van der Waals surface area (Å²) < 4.78 is 61.2. The molecule has 4 heterocycles. The minimum atomic E-state index is -0.955. The molecule has 19 heteroatoms. The van der Waals surface area contributed by atoms with Crippen LogP contribution >= 0.6 is 34.8 Å². The quantitative estimate of drug-likeness (QED) is 0.0674.